The molecule has 100 valence electrons. The smallest absolute Gasteiger partial charge is 0.154 e. The normalized spacial score (nSPS) is 13.2. The molecule has 0 aliphatic heterocycles. The summed E-state index contributed by atoms with van der Waals surface area (Å²) in [5.74, 6) is 0.742. The predicted molar refractivity (Wildman–Crippen MR) is 76.8 cm³/mol. The maximum atomic E-state index is 12.1. The summed E-state index contributed by atoms with van der Waals surface area (Å²) < 4.78 is 6.18. The van der Waals surface area contributed by atoms with E-state index in [9.17, 15) is 4.79 Å². The van der Waals surface area contributed by atoms with Gasteiger partial charge in [0.15, 0.2) is 5.78 Å². The summed E-state index contributed by atoms with van der Waals surface area (Å²) in [5, 5.41) is 0. The molecule has 4 heteroatoms. The molecule has 2 N–H and O–H groups in total. The Morgan fingerprint density at radius 3 is 2.56 bits per heavy atom. The van der Waals surface area contributed by atoms with Gasteiger partial charge in [-0.25, -0.2) is 0 Å². The molecule has 0 bridgehead atoms. The van der Waals surface area contributed by atoms with Gasteiger partial charge in [-0.05, 0) is 23.6 Å². The van der Waals surface area contributed by atoms with E-state index in [0.29, 0.717) is 12.2 Å². The van der Waals surface area contributed by atoms with Crippen LogP contribution < -0.4 is 10.5 Å². The second kappa shape index (κ2) is 5.85. The average Bonchev–Trinajstić information content (AvgIpc) is 2.27. The van der Waals surface area contributed by atoms with Crippen LogP contribution in [0.3, 0.4) is 0 Å². The number of methoxy groups -OCH3 is 1. The van der Waals surface area contributed by atoms with Crippen LogP contribution in [0.15, 0.2) is 22.7 Å². The molecule has 1 atom stereocenters. The number of benzene rings is 1. The fourth-order valence-corrected chi connectivity index (χ4v) is 2.07. The standard InChI is InChI=1S/C14H20BrNO2/c1-14(2,3)13(16)11(17)8-9-7-10(15)5-6-12(9)18-4/h5-7,13H,8,16H2,1-4H3. The van der Waals surface area contributed by atoms with Crippen LogP contribution in [0.5, 0.6) is 5.75 Å². The van der Waals surface area contributed by atoms with E-state index < -0.39 is 6.04 Å². The largest absolute Gasteiger partial charge is 0.496 e. The summed E-state index contributed by atoms with van der Waals surface area (Å²) in [5.41, 5.74) is 6.60. The number of hydrogen-bond acceptors (Lipinski definition) is 3. The van der Waals surface area contributed by atoms with Crippen molar-refractivity contribution in [3.8, 4) is 5.75 Å². The lowest BCUT2D eigenvalue weighted by Crippen LogP contribution is -2.43. The molecule has 0 amide bonds. The summed E-state index contributed by atoms with van der Waals surface area (Å²) >= 11 is 3.39. The Balaban J connectivity index is 2.91. The van der Waals surface area contributed by atoms with Crippen molar-refractivity contribution in [3.63, 3.8) is 0 Å². The summed E-state index contributed by atoms with van der Waals surface area (Å²) in [7, 11) is 1.60. The van der Waals surface area contributed by atoms with Crippen molar-refractivity contribution in [1.29, 1.82) is 0 Å². The predicted octanol–water partition coefficient (Wildman–Crippen LogP) is 2.94. The number of carbonyl (C=O) groups is 1. The minimum Gasteiger partial charge on any atom is -0.496 e. The van der Waals surface area contributed by atoms with Gasteiger partial charge in [-0.15, -0.1) is 0 Å². The zero-order valence-electron chi connectivity index (χ0n) is 11.3. The van der Waals surface area contributed by atoms with Crippen LogP contribution in [0.25, 0.3) is 0 Å². The molecule has 0 aliphatic carbocycles. The van der Waals surface area contributed by atoms with E-state index in [1.54, 1.807) is 7.11 Å². The van der Waals surface area contributed by atoms with E-state index in [1.165, 1.54) is 0 Å². The molecule has 1 aromatic carbocycles. The first kappa shape index (κ1) is 15.2. The Bertz CT molecular complexity index is 438. The van der Waals surface area contributed by atoms with E-state index >= 15 is 0 Å². The molecule has 1 rings (SSSR count). The average molecular weight is 314 g/mol. The van der Waals surface area contributed by atoms with Crippen LogP contribution in [0.4, 0.5) is 0 Å². The van der Waals surface area contributed by atoms with Crippen LogP contribution >= 0.6 is 15.9 Å². The summed E-state index contributed by atoms with van der Waals surface area (Å²) in [6.45, 7) is 5.90. The van der Waals surface area contributed by atoms with Crippen molar-refractivity contribution in [1.82, 2.24) is 0 Å². The van der Waals surface area contributed by atoms with Gasteiger partial charge in [0.25, 0.3) is 0 Å². The van der Waals surface area contributed by atoms with E-state index in [0.717, 1.165) is 10.0 Å². The van der Waals surface area contributed by atoms with Gasteiger partial charge in [-0.2, -0.15) is 0 Å². The lowest BCUT2D eigenvalue weighted by atomic mass is 9.83. The van der Waals surface area contributed by atoms with Crippen LogP contribution in [0.2, 0.25) is 0 Å². The van der Waals surface area contributed by atoms with Gasteiger partial charge in [0.1, 0.15) is 5.75 Å². The Kier molecular flexibility index (Phi) is 4.93. The summed E-state index contributed by atoms with van der Waals surface area (Å²) in [4.78, 5) is 12.1. The number of carbonyl (C=O) groups excluding carboxylic acids is 1. The third kappa shape index (κ3) is 3.82. The number of hydrogen-bond donors (Lipinski definition) is 1. The van der Waals surface area contributed by atoms with Gasteiger partial charge in [0.05, 0.1) is 13.2 Å². The van der Waals surface area contributed by atoms with Gasteiger partial charge >= 0.3 is 0 Å². The van der Waals surface area contributed by atoms with Crippen molar-refractivity contribution in [2.75, 3.05) is 7.11 Å². The maximum absolute atomic E-state index is 12.1. The molecule has 0 heterocycles. The zero-order valence-corrected chi connectivity index (χ0v) is 12.9. The number of nitrogens with two attached hydrogens (primary N) is 1. The molecule has 0 spiro atoms. The van der Waals surface area contributed by atoms with E-state index in [2.05, 4.69) is 15.9 Å². The highest BCUT2D eigenvalue weighted by molar-refractivity contribution is 9.10. The quantitative estimate of drug-likeness (QED) is 0.929. The third-order valence-corrected chi connectivity index (χ3v) is 3.38. The van der Waals surface area contributed by atoms with Crippen molar-refractivity contribution < 1.29 is 9.53 Å². The highest BCUT2D eigenvalue weighted by atomic mass is 79.9. The molecule has 1 aromatic rings. The number of Topliss-reactive ketones (excluding diaryl/α,β-unsaturated/α-hetero) is 1. The zero-order chi connectivity index (χ0) is 13.9. The Morgan fingerprint density at radius 2 is 2.06 bits per heavy atom. The van der Waals surface area contributed by atoms with E-state index in [-0.39, 0.29) is 11.2 Å². The fraction of sp³-hybridized carbons (Fsp3) is 0.500. The van der Waals surface area contributed by atoms with Crippen LogP contribution in [0.1, 0.15) is 26.3 Å². The lowest BCUT2D eigenvalue weighted by Gasteiger charge is -2.25. The molecule has 0 saturated carbocycles. The first-order valence-electron chi connectivity index (χ1n) is 5.86. The van der Waals surface area contributed by atoms with Gasteiger partial charge in [0.2, 0.25) is 0 Å². The Labute approximate surface area is 117 Å². The SMILES string of the molecule is COc1ccc(Br)cc1CC(=O)C(N)C(C)(C)C. The molecule has 0 aromatic heterocycles. The topological polar surface area (TPSA) is 52.3 Å². The summed E-state index contributed by atoms with van der Waals surface area (Å²) in [6, 6.07) is 5.15. The highest BCUT2D eigenvalue weighted by Gasteiger charge is 2.27. The molecule has 0 aliphatic rings. The molecule has 18 heavy (non-hydrogen) atoms. The lowest BCUT2D eigenvalue weighted by molar-refractivity contribution is -0.121. The van der Waals surface area contributed by atoms with Crippen LogP contribution in [-0.4, -0.2) is 18.9 Å². The first-order valence-corrected chi connectivity index (χ1v) is 6.65. The number of halogens is 1. The Hall–Kier alpha value is -0.870. The minimum atomic E-state index is -0.471. The van der Waals surface area contributed by atoms with Crippen molar-refractivity contribution in [3.05, 3.63) is 28.2 Å². The molecule has 1 unspecified atom stereocenters. The van der Waals surface area contributed by atoms with Gasteiger partial charge < -0.3 is 10.5 Å². The van der Waals surface area contributed by atoms with Crippen molar-refractivity contribution in [2.45, 2.75) is 33.2 Å². The molecule has 0 radical (unpaired) electrons. The van der Waals surface area contributed by atoms with Gasteiger partial charge in [0, 0.05) is 16.5 Å². The van der Waals surface area contributed by atoms with Gasteiger partial charge in [-0.1, -0.05) is 36.7 Å². The van der Waals surface area contributed by atoms with E-state index in [1.807, 2.05) is 39.0 Å². The highest BCUT2D eigenvalue weighted by Crippen LogP contribution is 2.25. The second-order valence-electron chi connectivity index (χ2n) is 5.44. The molecular formula is C14H20BrNO2. The number of ether oxygens (including phenoxy) is 1. The molecular weight excluding hydrogens is 294 g/mol. The fourth-order valence-electron chi connectivity index (χ4n) is 1.67. The minimum absolute atomic E-state index is 0.0268. The van der Waals surface area contributed by atoms with Crippen molar-refractivity contribution in [2.24, 2.45) is 11.1 Å². The summed E-state index contributed by atoms with van der Waals surface area (Å²) in [6.07, 6.45) is 0.293. The van der Waals surface area contributed by atoms with Crippen LogP contribution in [0, 0.1) is 5.41 Å². The van der Waals surface area contributed by atoms with Gasteiger partial charge in [-0.3, -0.25) is 4.79 Å². The molecule has 0 saturated heterocycles. The molecule has 0 fully saturated rings. The number of ketones is 1. The monoisotopic (exact) mass is 313 g/mol. The second-order valence-corrected chi connectivity index (χ2v) is 6.36. The number of rotatable bonds is 4. The maximum Gasteiger partial charge on any atom is 0.154 e. The van der Waals surface area contributed by atoms with Crippen molar-refractivity contribution >= 4 is 21.7 Å². The van der Waals surface area contributed by atoms with Crippen LogP contribution in [-0.2, 0) is 11.2 Å². The molecule has 3 nitrogen and oxygen atoms in total. The third-order valence-electron chi connectivity index (χ3n) is 2.89. The first-order chi connectivity index (χ1) is 8.25. The van der Waals surface area contributed by atoms with E-state index in [4.69, 9.17) is 10.5 Å². The Morgan fingerprint density at radius 1 is 1.44 bits per heavy atom.